The van der Waals surface area contributed by atoms with Gasteiger partial charge in [0.1, 0.15) is 18.2 Å². The number of fused-ring (bicyclic) bond motifs is 3. The molecular weight excluding hydrogens is 426 g/mol. The minimum atomic E-state index is 0.938. The third-order valence-corrected chi connectivity index (χ3v) is 7.18. The summed E-state index contributed by atoms with van der Waals surface area (Å²) in [6, 6.07) is 32.4. The maximum Gasteiger partial charge on any atom is 0.216 e. The lowest BCUT2D eigenvalue weighted by Crippen LogP contribution is -2.31. The van der Waals surface area contributed by atoms with Crippen molar-refractivity contribution in [2.75, 3.05) is 0 Å². The third kappa shape index (κ3) is 3.54. The number of para-hydroxylation sites is 1. The van der Waals surface area contributed by atoms with Gasteiger partial charge in [-0.2, -0.15) is 0 Å². The minimum absolute atomic E-state index is 0.938. The van der Waals surface area contributed by atoms with Crippen LogP contribution in [0.3, 0.4) is 0 Å². The molecular formula is C33H28NO+. The second-order valence-electron chi connectivity index (χ2n) is 9.50. The quantitative estimate of drug-likeness (QED) is 0.246. The summed E-state index contributed by atoms with van der Waals surface area (Å²) >= 11 is 0. The van der Waals surface area contributed by atoms with Crippen LogP contribution in [0.25, 0.3) is 55.4 Å². The molecule has 0 fully saturated rings. The van der Waals surface area contributed by atoms with Crippen molar-refractivity contribution >= 4 is 21.9 Å². The molecule has 0 aliphatic rings. The first-order valence-corrected chi connectivity index (χ1v) is 12.1. The van der Waals surface area contributed by atoms with Crippen molar-refractivity contribution in [3.63, 3.8) is 0 Å². The summed E-state index contributed by atoms with van der Waals surface area (Å²) in [5.74, 6) is 0. The molecule has 0 amide bonds. The highest BCUT2D eigenvalue weighted by atomic mass is 16.3. The summed E-state index contributed by atoms with van der Waals surface area (Å²) in [6.45, 7) is 6.49. The monoisotopic (exact) mass is 454 g/mol. The van der Waals surface area contributed by atoms with Gasteiger partial charge in [-0.25, -0.2) is 4.57 Å². The smallest absolute Gasteiger partial charge is 0.216 e. The number of pyridine rings is 1. The van der Waals surface area contributed by atoms with E-state index >= 15 is 0 Å². The van der Waals surface area contributed by atoms with Crippen molar-refractivity contribution in [3.05, 3.63) is 114 Å². The van der Waals surface area contributed by atoms with E-state index in [2.05, 4.69) is 124 Å². The Hall–Kier alpha value is -4.17. The van der Waals surface area contributed by atoms with Crippen LogP contribution in [-0.2, 0) is 7.05 Å². The third-order valence-electron chi connectivity index (χ3n) is 7.18. The molecule has 170 valence electrons. The van der Waals surface area contributed by atoms with Crippen molar-refractivity contribution in [2.45, 2.75) is 20.8 Å². The maximum atomic E-state index is 6.73. The van der Waals surface area contributed by atoms with Gasteiger partial charge < -0.3 is 4.42 Å². The zero-order valence-electron chi connectivity index (χ0n) is 20.6. The molecule has 0 saturated carbocycles. The first-order valence-electron chi connectivity index (χ1n) is 12.1. The fourth-order valence-corrected chi connectivity index (χ4v) is 5.11. The molecule has 0 aliphatic heterocycles. The Kier molecular flexibility index (Phi) is 5.04. The summed E-state index contributed by atoms with van der Waals surface area (Å²) in [5.41, 5.74) is 12.7. The molecule has 0 atom stereocenters. The Bertz CT molecular complexity index is 1710. The van der Waals surface area contributed by atoms with Crippen molar-refractivity contribution in [1.82, 2.24) is 0 Å². The number of furan rings is 1. The molecule has 2 nitrogen and oxygen atoms in total. The van der Waals surface area contributed by atoms with E-state index in [1.807, 2.05) is 6.07 Å². The molecule has 0 spiro atoms. The van der Waals surface area contributed by atoms with Crippen LogP contribution in [0.1, 0.15) is 16.7 Å². The van der Waals surface area contributed by atoms with E-state index in [1.54, 1.807) is 0 Å². The van der Waals surface area contributed by atoms with Crippen LogP contribution in [0.15, 0.2) is 102 Å². The van der Waals surface area contributed by atoms with E-state index in [4.69, 9.17) is 4.42 Å². The fourth-order valence-electron chi connectivity index (χ4n) is 5.11. The first kappa shape index (κ1) is 21.4. The van der Waals surface area contributed by atoms with Gasteiger partial charge in [0.15, 0.2) is 6.20 Å². The Labute approximate surface area is 206 Å². The zero-order chi connectivity index (χ0) is 24.1. The molecule has 0 unspecified atom stereocenters. The average molecular weight is 455 g/mol. The largest absolute Gasteiger partial charge is 0.454 e. The molecule has 6 rings (SSSR count). The summed E-state index contributed by atoms with van der Waals surface area (Å²) in [5, 5.41) is 2.30. The number of hydrogen-bond donors (Lipinski definition) is 0. The zero-order valence-corrected chi connectivity index (χ0v) is 20.6. The van der Waals surface area contributed by atoms with E-state index in [-0.39, 0.29) is 0 Å². The molecule has 4 aromatic carbocycles. The van der Waals surface area contributed by atoms with Gasteiger partial charge in [-0.3, -0.25) is 0 Å². The van der Waals surface area contributed by atoms with Crippen molar-refractivity contribution in [2.24, 2.45) is 7.05 Å². The number of nitrogens with zero attached hydrogens (tertiary/aromatic N) is 1. The van der Waals surface area contributed by atoms with Gasteiger partial charge in [-0.05, 0) is 48.6 Å². The highest BCUT2D eigenvalue weighted by molar-refractivity contribution is 6.13. The van der Waals surface area contributed by atoms with Crippen LogP contribution in [0.5, 0.6) is 0 Å². The van der Waals surface area contributed by atoms with E-state index in [0.29, 0.717) is 0 Å². The molecule has 0 N–H and O–H groups in total. The van der Waals surface area contributed by atoms with Gasteiger partial charge >= 0.3 is 0 Å². The van der Waals surface area contributed by atoms with Gasteiger partial charge in [-0.15, -0.1) is 0 Å². The number of hydrogen-bond acceptors (Lipinski definition) is 1. The maximum absolute atomic E-state index is 6.73. The molecule has 2 heterocycles. The molecule has 6 aromatic rings. The fraction of sp³-hybridized carbons (Fsp3) is 0.121. The lowest BCUT2D eigenvalue weighted by atomic mass is 9.97. The molecule has 2 aromatic heterocycles. The molecule has 0 aliphatic carbocycles. The number of aryl methyl sites for hydroxylation is 4. The Morgan fingerprint density at radius 3 is 2.03 bits per heavy atom. The van der Waals surface area contributed by atoms with Gasteiger partial charge in [0, 0.05) is 28.0 Å². The summed E-state index contributed by atoms with van der Waals surface area (Å²) < 4.78 is 8.94. The topological polar surface area (TPSA) is 17.0 Å². The minimum Gasteiger partial charge on any atom is -0.454 e. The van der Waals surface area contributed by atoms with Gasteiger partial charge in [-0.1, -0.05) is 84.9 Å². The van der Waals surface area contributed by atoms with Crippen LogP contribution in [-0.4, -0.2) is 0 Å². The van der Waals surface area contributed by atoms with Crippen LogP contribution < -0.4 is 4.57 Å². The van der Waals surface area contributed by atoms with Crippen LogP contribution in [0, 0.1) is 20.8 Å². The van der Waals surface area contributed by atoms with Gasteiger partial charge in [0.05, 0.1) is 5.56 Å². The molecule has 0 saturated heterocycles. The Morgan fingerprint density at radius 1 is 0.571 bits per heavy atom. The van der Waals surface area contributed by atoms with Crippen LogP contribution >= 0.6 is 0 Å². The van der Waals surface area contributed by atoms with E-state index < -0.39 is 0 Å². The van der Waals surface area contributed by atoms with Crippen molar-refractivity contribution < 1.29 is 8.98 Å². The molecule has 0 bridgehead atoms. The highest BCUT2D eigenvalue weighted by Gasteiger charge is 2.22. The summed E-state index contributed by atoms with van der Waals surface area (Å²) in [7, 11) is 2.11. The first-order chi connectivity index (χ1) is 17.0. The normalized spacial score (nSPS) is 11.4. The molecule has 0 radical (unpaired) electrons. The second kappa shape index (κ2) is 8.25. The van der Waals surface area contributed by atoms with Gasteiger partial charge in [0.25, 0.3) is 0 Å². The van der Waals surface area contributed by atoms with Crippen LogP contribution in [0.4, 0.5) is 0 Å². The predicted molar refractivity (Wildman–Crippen MR) is 145 cm³/mol. The number of aromatic nitrogens is 1. The van der Waals surface area contributed by atoms with E-state index in [1.165, 1.54) is 33.5 Å². The highest BCUT2D eigenvalue weighted by Crippen LogP contribution is 2.41. The lowest BCUT2D eigenvalue weighted by Gasteiger charge is -2.07. The number of benzene rings is 4. The lowest BCUT2D eigenvalue weighted by molar-refractivity contribution is -0.660. The molecule has 2 heteroatoms. The molecule has 35 heavy (non-hydrogen) atoms. The van der Waals surface area contributed by atoms with E-state index in [0.717, 1.165) is 38.6 Å². The van der Waals surface area contributed by atoms with Gasteiger partial charge in [0.2, 0.25) is 5.69 Å². The van der Waals surface area contributed by atoms with Crippen molar-refractivity contribution in [3.8, 4) is 33.5 Å². The average Bonchev–Trinajstić information content (AvgIpc) is 3.26. The Morgan fingerprint density at radius 2 is 1.26 bits per heavy atom. The summed E-state index contributed by atoms with van der Waals surface area (Å²) in [4.78, 5) is 0. The second-order valence-corrected chi connectivity index (χ2v) is 9.50. The van der Waals surface area contributed by atoms with Crippen LogP contribution in [0.2, 0.25) is 0 Å². The predicted octanol–water partition coefficient (Wildman–Crippen LogP) is 8.34. The number of rotatable bonds is 3. The van der Waals surface area contributed by atoms with E-state index in [9.17, 15) is 0 Å². The standard InChI is InChI=1S/C33H28NO/c1-21-13-18-29-28-12-8-11-27(26-16-14-25(15-17-26)24-9-6-5-7-10-24)32(28)35-33(29)31(21)30-19-22(2)23(3)20-34(30)4/h5-20H,1-4H3/q+1. The van der Waals surface area contributed by atoms with Crippen molar-refractivity contribution in [1.29, 1.82) is 0 Å². The Balaban J connectivity index is 1.55. The SMILES string of the molecule is Cc1cc(-c2c(C)ccc3c2oc2c(-c4ccc(-c5ccccc5)cc4)cccc23)[n+](C)cc1C. The summed E-state index contributed by atoms with van der Waals surface area (Å²) in [6.07, 6.45) is 2.20.